The Morgan fingerprint density at radius 2 is 1.82 bits per heavy atom. The number of hydrogen-bond acceptors (Lipinski definition) is 7. The second-order valence-electron chi connectivity index (χ2n) is 10.2. The minimum absolute atomic E-state index is 0.0523. The van der Waals surface area contributed by atoms with E-state index < -0.39 is 41.5 Å². The van der Waals surface area contributed by atoms with Gasteiger partial charge in [0.2, 0.25) is 11.8 Å². The van der Waals surface area contributed by atoms with Crippen molar-refractivity contribution in [2.75, 3.05) is 12.0 Å². The summed E-state index contributed by atoms with van der Waals surface area (Å²) >= 11 is 3.20. The molecule has 10 heteroatoms. The number of ether oxygens (including phenoxy) is 1. The van der Waals surface area contributed by atoms with Crippen molar-refractivity contribution in [3.05, 3.63) is 86.9 Å². The molecule has 6 rings (SSSR count). The van der Waals surface area contributed by atoms with Crippen molar-refractivity contribution in [3.63, 3.8) is 0 Å². The normalized spacial score (nSPS) is 25.7. The van der Waals surface area contributed by atoms with Gasteiger partial charge in [-0.15, -0.1) is 0 Å². The van der Waals surface area contributed by atoms with Gasteiger partial charge in [0.25, 0.3) is 0 Å². The van der Waals surface area contributed by atoms with Crippen molar-refractivity contribution in [1.82, 2.24) is 0 Å². The molecule has 1 fully saturated rings. The Bertz CT molecular complexity index is 1650. The van der Waals surface area contributed by atoms with Crippen molar-refractivity contribution >= 4 is 51.0 Å². The molecule has 0 bridgehead atoms. The number of rotatable bonds is 4. The van der Waals surface area contributed by atoms with Gasteiger partial charge in [0.05, 0.1) is 34.7 Å². The number of ketones is 2. The van der Waals surface area contributed by atoms with Crippen molar-refractivity contribution in [1.29, 1.82) is 0 Å². The SMILES string of the molecule is COc1cc(C2C3=CCC4C(=O)N(c5cccc(C(=O)O)c5)C(=O)C4C3CC3=C2C(=O)C=C(Br)C3=O)ccc1O. The number of nitrogens with zero attached hydrogens (tertiary/aromatic N) is 1. The van der Waals surface area contributed by atoms with Gasteiger partial charge in [0, 0.05) is 23.1 Å². The van der Waals surface area contributed by atoms with E-state index >= 15 is 0 Å². The van der Waals surface area contributed by atoms with Crippen molar-refractivity contribution < 1.29 is 38.9 Å². The molecule has 0 spiro atoms. The maximum absolute atomic E-state index is 13.9. The van der Waals surface area contributed by atoms with Gasteiger partial charge in [0.1, 0.15) is 0 Å². The van der Waals surface area contributed by atoms with Gasteiger partial charge in [-0.3, -0.25) is 24.1 Å². The topological polar surface area (TPSA) is 138 Å². The maximum atomic E-state index is 13.9. The summed E-state index contributed by atoms with van der Waals surface area (Å²) in [5.74, 6) is -5.40. The van der Waals surface area contributed by atoms with E-state index in [1.165, 1.54) is 43.5 Å². The monoisotopic (exact) mass is 603 g/mol. The highest BCUT2D eigenvalue weighted by Crippen LogP contribution is 2.56. The molecule has 4 unspecified atom stereocenters. The number of phenols is 1. The third-order valence-electron chi connectivity index (χ3n) is 8.22. The molecule has 4 atom stereocenters. The van der Waals surface area contributed by atoms with Crippen LogP contribution in [0.1, 0.15) is 34.7 Å². The molecule has 4 aliphatic rings. The van der Waals surface area contributed by atoms with Crippen LogP contribution in [0.2, 0.25) is 0 Å². The Morgan fingerprint density at radius 1 is 1.05 bits per heavy atom. The Kier molecular flexibility index (Phi) is 6.10. The first-order valence-electron chi connectivity index (χ1n) is 12.6. The van der Waals surface area contributed by atoms with Gasteiger partial charge in [-0.2, -0.15) is 0 Å². The number of amides is 2. The van der Waals surface area contributed by atoms with Crippen LogP contribution in [-0.4, -0.2) is 46.7 Å². The maximum Gasteiger partial charge on any atom is 0.335 e. The third kappa shape index (κ3) is 3.77. The molecule has 0 radical (unpaired) electrons. The van der Waals surface area contributed by atoms with Crippen LogP contribution < -0.4 is 9.64 Å². The van der Waals surface area contributed by atoms with Gasteiger partial charge in [-0.25, -0.2) is 4.79 Å². The Balaban J connectivity index is 1.48. The number of carbonyl (C=O) groups excluding carboxylic acids is 4. The lowest BCUT2D eigenvalue weighted by Gasteiger charge is -2.42. The minimum atomic E-state index is -1.18. The second kappa shape index (κ2) is 9.41. The standard InChI is InChI=1S/C30H22BrNO8/c1-40-23-10-13(5-8-21(23)33)24-16-6-7-17-25(18(16)11-19-26(24)22(34)12-20(31)27(19)35)29(37)32(28(17)36)15-4-2-3-14(9-15)30(38)39/h2-6,8-10,12,17-18,24-25,33H,7,11H2,1H3,(H,38,39). The van der Waals surface area contributed by atoms with Crippen molar-refractivity contribution in [2.45, 2.75) is 18.8 Å². The molecule has 3 aliphatic carbocycles. The number of hydrogen-bond donors (Lipinski definition) is 2. The van der Waals surface area contributed by atoms with Crippen LogP contribution in [0.4, 0.5) is 5.69 Å². The third-order valence-corrected chi connectivity index (χ3v) is 8.81. The number of aromatic hydroxyl groups is 1. The number of carboxylic acid groups (broad SMARTS) is 1. The summed E-state index contributed by atoms with van der Waals surface area (Å²) in [5, 5.41) is 19.6. The molecular weight excluding hydrogens is 582 g/mol. The van der Waals surface area contributed by atoms with Crippen LogP contribution in [0.15, 0.2) is 75.8 Å². The smallest absolute Gasteiger partial charge is 0.335 e. The van der Waals surface area contributed by atoms with E-state index in [1.54, 1.807) is 12.1 Å². The van der Waals surface area contributed by atoms with Crippen molar-refractivity contribution in [2.24, 2.45) is 17.8 Å². The molecule has 9 nitrogen and oxygen atoms in total. The number of fused-ring (bicyclic) bond motifs is 3. The van der Waals surface area contributed by atoms with Gasteiger partial charge in [-0.05, 0) is 70.6 Å². The number of halogens is 1. The first-order chi connectivity index (χ1) is 19.1. The van der Waals surface area contributed by atoms with Crippen LogP contribution in [-0.2, 0) is 19.2 Å². The molecule has 2 aromatic carbocycles. The van der Waals surface area contributed by atoms with Gasteiger partial charge in [-0.1, -0.05) is 23.8 Å². The van der Waals surface area contributed by atoms with Crippen LogP contribution in [0, 0.1) is 17.8 Å². The van der Waals surface area contributed by atoms with E-state index in [0.717, 1.165) is 10.5 Å². The summed E-state index contributed by atoms with van der Waals surface area (Å²) < 4.78 is 5.42. The van der Waals surface area contributed by atoms with E-state index in [2.05, 4.69) is 15.9 Å². The first-order valence-corrected chi connectivity index (χ1v) is 13.4. The number of carboxylic acids is 1. The highest BCUT2D eigenvalue weighted by molar-refractivity contribution is 9.12. The lowest BCUT2D eigenvalue weighted by Crippen LogP contribution is -2.39. The molecule has 1 saturated heterocycles. The number of carbonyl (C=O) groups is 5. The lowest BCUT2D eigenvalue weighted by molar-refractivity contribution is -0.123. The molecule has 2 N–H and O–H groups in total. The summed E-state index contributed by atoms with van der Waals surface area (Å²) in [7, 11) is 1.41. The molecule has 40 heavy (non-hydrogen) atoms. The molecule has 202 valence electrons. The summed E-state index contributed by atoms with van der Waals surface area (Å²) in [4.78, 5) is 66.7. The number of allylic oxidation sites excluding steroid dienone is 6. The summed E-state index contributed by atoms with van der Waals surface area (Å²) in [6.07, 6.45) is 3.47. The predicted molar refractivity (Wildman–Crippen MR) is 145 cm³/mol. The van der Waals surface area contributed by atoms with Gasteiger partial charge < -0.3 is 14.9 Å². The average molecular weight is 604 g/mol. The quantitative estimate of drug-likeness (QED) is 0.303. The molecule has 0 saturated carbocycles. The van der Waals surface area contributed by atoms with Gasteiger partial charge in [0.15, 0.2) is 23.1 Å². The predicted octanol–water partition coefficient (Wildman–Crippen LogP) is 4.07. The second-order valence-corrected chi connectivity index (χ2v) is 11.0. The Labute approximate surface area is 236 Å². The highest BCUT2D eigenvalue weighted by atomic mass is 79.9. The summed E-state index contributed by atoms with van der Waals surface area (Å²) in [6, 6.07) is 10.4. The molecule has 1 aliphatic heterocycles. The molecule has 0 aromatic heterocycles. The van der Waals surface area contributed by atoms with Crippen LogP contribution in [0.25, 0.3) is 0 Å². The average Bonchev–Trinajstić information content (AvgIpc) is 3.20. The van der Waals surface area contributed by atoms with Gasteiger partial charge >= 0.3 is 5.97 Å². The number of Topliss-reactive ketones (excluding diaryl/α,β-unsaturated/α-hetero) is 1. The molecular formula is C30H22BrNO8. The fourth-order valence-corrected chi connectivity index (χ4v) is 6.94. The van der Waals surface area contributed by atoms with E-state index in [0.29, 0.717) is 11.1 Å². The first kappa shape index (κ1) is 25.9. The number of methoxy groups -OCH3 is 1. The fourth-order valence-electron chi connectivity index (χ4n) is 6.49. The number of aromatic carboxylic acids is 1. The minimum Gasteiger partial charge on any atom is -0.504 e. The molecule has 1 heterocycles. The van der Waals surface area contributed by atoms with Crippen LogP contribution >= 0.6 is 15.9 Å². The number of phenolic OH excluding ortho intramolecular Hbond substituents is 1. The lowest BCUT2D eigenvalue weighted by atomic mass is 9.59. The fraction of sp³-hybridized carbons (Fsp3) is 0.233. The number of anilines is 1. The molecule has 2 aromatic rings. The summed E-state index contributed by atoms with van der Waals surface area (Å²) in [5.41, 5.74) is 2.07. The zero-order valence-corrected chi connectivity index (χ0v) is 22.7. The van der Waals surface area contributed by atoms with Crippen molar-refractivity contribution in [3.8, 4) is 11.5 Å². The summed E-state index contributed by atoms with van der Waals surface area (Å²) in [6.45, 7) is 0. The van der Waals surface area contributed by atoms with E-state index in [4.69, 9.17) is 4.74 Å². The zero-order chi connectivity index (χ0) is 28.5. The highest BCUT2D eigenvalue weighted by Gasteiger charge is 2.56. The zero-order valence-electron chi connectivity index (χ0n) is 21.1. The molecule has 2 amide bonds. The largest absolute Gasteiger partial charge is 0.504 e. The van der Waals surface area contributed by atoms with E-state index in [1.807, 2.05) is 6.08 Å². The Morgan fingerprint density at radius 3 is 2.55 bits per heavy atom. The van der Waals surface area contributed by atoms with E-state index in [-0.39, 0.29) is 57.2 Å². The number of benzene rings is 2. The van der Waals surface area contributed by atoms with Crippen LogP contribution in [0.3, 0.4) is 0 Å². The Hall–Kier alpha value is -4.31. The number of imide groups is 1. The van der Waals surface area contributed by atoms with E-state index in [9.17, 15) is 34.2 Å². The van der Waals surface area contributed by atoms with Crippen LogP contribution in [0.5, 0.6) is 11.5 Å².